The summed E-state index contributed by atoms with van der Waals surface area (Å²) in [5.74, 6) is 0.142. The molecule has 0 radical (unpaired) electrons. The molecule has 1 saturated heterocycles. The molecular weight excluding hydrogens is 242 g/mol. The Labute approximate surface area is 112 Å². The van der Waals surface area contributed by atoms with Crippen molar-refractivity contribution in [2.24, 2.45) is 5.16 Å². The third-order valence-corrected chi connectivity index (χ3v) is 3.97. The lowest BCUT2D eigenvalue weighted by Gasteiger charge is -2.36. The second-order valence-electron chi connectivity index (χ2n) is 5.23. The van der Waals surface area contributed by atoms with Crippen molar-refractivity contribution in [1.82, 2.24) is 9.88 Å². The van der Waals surface area contributed by atoms with Gasteiger partial charge in [-0.15, -0.1) is 0 Å². The maximum absolute atomic E-state index is 11.3. The molecule has 5 heteroatoms. The minimum absolute atomic E-state index is 0.142. The van der Waals surface area contributed by atoms with Crippen molar-refractivity contribution in [2.75, 3.05) is 13.1 Å². The van der Waals surface area contributed by atoms with Crippen LogP contribution in [0.1, 0.15) is 31.7 Å². The Bertz CT molecular complexity index is 505. The molecule has 0 bridgehead atoms. The van der Waals surface area contributed by atoms with Gasteiger partial charge in [-0.05, 0) is 12.1 Å². The molecule has 1 amide bonds. The average molecular weight is 259 g/mol. The van der Waals surface area contributed by atoms with Crippen LogP contribution in [0.4, 0.5) is 0 Å². The van der Waals surface area contributed by atoms with Gasteiger partial charge in [-0.3, -0.25) is 9.78 Å². The van der Waals surface area contributed by atoms with Gasteiger partial charge in [-0.2, -0.15) is 0 Å². The lowest BCUT2D eigenvalue weighted by molar-refractivity contribution is -0.134. The molecule has 2 aliphatic heterocycles. The van der Waals surface area contributed by atoms with Crippen LogP contribution in [0.25, 0.3) is 0 Å². The van der Waals surface area contributed by atoms with Crippen molar-refractivity contribution in [3.05, 3.63) is 30.1 Å². The monoisotopic (exact) mass is 259 g/mol. The van der Waals surface area contributed by atoms with Crippen LogP contribution >= 0.6 is 0 Å². The maximum Gasteiger partial charge on any atom is 0.219 e. The lowest BCUT2D eigenvalue weighted by Crippen LogP contribution is -2.46. The highest BCUT2D eigenvalue weighted by atomic mass is 16.7. The van der Waals surface area contributed by atoms with E-state index in [1.165, 1.54) is 0 Å². The first-order valence-corrected chi connectivity index (χ1v) is 6.60. The summed E-state index contributed by atoms with van der Waals surface area (Å²) in [6.07, 6.45) is 6.06. The summed E-state index contributed by atoms with van der Waals surface area (Å²) in [6.45, 7) is 3.13. The van der Waals surface area contributed by atoms with Gasteiger partial charge in [-0.25, -0.2) is 0 Å². The smallest absolute Gasteiger partial charge is 0.219 e. The van der Waals surface area contributed by atoms with E-state index in [-0.39, 0.29) is 11.5 Å². The van der Waals surface area contributed by atoms with E-state index in [0.717, 1.165) is 43.6 Å². The van der Waals surface area contributed by atoms with Crippen LogP contribution in [0.3, 0.4) is 0 Å². The number of amides is 1. The number of hydrogen-bond donors (Lipinski definition) is 0. The van der Waals surface area contributed by atoms with Crippen LogP contribution in [0.15, 0.2) is 29.7 Å². The molecule has 1 aromatic rings. The van der Waals surface area contributed by atoms with Crippen molar-refractivity contribution in [3.63, 3.8) is 0 Å². The Hall–Kier alpha value is -1.91. The summed E-state index contributed by atoms with van der Waals surface area (Å²) in [5.41, 5.74) is 1.85. The average Bonchev–Trinajstić information content (AvgIpc) is 2.84. The molecule has 100 valence electrons. The normalized spacial score (nSPS) is 21.1. The van der Waals surface area contributed by atoms with E-state index in [9.17, 15) is 4.79 Å². The fraction of sp³-hybridized carbons (Fsp3) is 0.500. The zero-order valence-corrected chi connectivity index (χ0v) is 11.0. The van der Waals surface area contributed by atoms with E-state index in [1.54, 1.807) is 19.3 Å². The van der Waals surface area contributed by atoms with Crippen LogP contribution in [0.5, 0.6) is 0 Å². The van der Waals surface area contributed by atoms with Crippen LogP contribution in [-0.4, -0.2) is 40.2 Å². The number of pyridine rings is 1. The number of carbonyl (C=O) groups is 1. The van der Waals surface area contributed by atoms with Gasteiger partial charge >= 0.3 is 0 Å². The zero-order chi connectivity index (χ0) is 13.3. The van der Waals surface area contributed by atoms with Crippen molar-refractivity contribution in [3.8, 4) is 0 Å². The molecule has 1 aromatic heterocycles. The van der Waals surface area contributed by atoms with Gasteiger partial charge in [0.25, 0.3) is 0 Å². The first kappa shape index (κ1) is 12.1. The van der Waals surface area contributed by atoms with Crippen LogP contribution in [0.2, 0.25) is 0 Å². The first-order valence-electron chi connectivity index (χ1n) is 6.60. The Morgan fingerprint density at radius 2 is 2.00 bits per heavy atom. The Morgan fingerprint density at radius 1 is 1.32 bits per heavy atom. The summed E-state index contributed by atoms with van der Waals surface area (Å²) in [5, 5.41) is 4.24. The fourth-order valence-corrected chi connectivity index (χ4v) is 2.72. The standard InChI is InChI=1S/C14H17N3O2/c1-11(18)17-8-4-14(5-9-17)10-13(16-19-14)12-2-6-15-7-3-12/h2-3,6-7H,4-5,8-10H2,1H3. The van der Waals surface area contributed by atoms with Gasteiger partial charge < -0.3 is 9.74 Å². The quantitative estimate of drug-likeness (QED) is 0.769. The minimum atomic E-state index is -0.204. The number of hydrogen-bond acceptors (Lipinski definition) is 4. The zero-order valence-electron chi connectivity index (χ0n) is 11.0. The number of piperidine rings is 1. The number of oxime groups is 1. The Kier molecular flexibility index (Phi) is 2.97. The SMILES string of the molecule is CC(=O)N1CCC2(CC1)CC(c1ccncc1)=NO2. The lowest BCUT2D eigenvalue weighted by atomic mass is 9.85. The highest BCUT2D eigenvalue weighted by molar-refractivity contribution is 6.01. The van der Waals surface area contributed by atoms with Gasteiger partial charge in [0.05, 0.1) is 5.71 Å². The largest absolute Gasteiger partial charge is 0.388 e. The molecule has 0 unspecified atom stereocenters. The molecule has 1 spiro atoms. The molecular formula is C14H17N3O2. The topological polar surface area (TPSA) is 54.8 Å². The van der Waals surface area contributed by atoms with Crippen LogP contribution < -0.4 is 0 Å². The fourth-order valence-electron chi connectivity index (χ4n) is 2.72. The van der Waals surface area contributed by atoms with Gasteiger partial charge in [0.1, 0.15) is 5.60 Å². The van der Waals surface area contributed by atoms with Crippen molar-refractivity contribution >= 4 is 11.6 Å². The summed E-state index contributed by atoms with van der Waals surface area (Å²) in [4.78, 5) is 22.9. The summed E-state index contributed by atoms with van der Waals surface area (Å²) in [7, 11) is 0. The molecule has 0 N–H and O–H groups in total. The van der Waals surface area contributed by atoms with Crippen LogP contribution in [-0.2, 0) is 9.63 Å². The summed E-state index contributed by atoms with van der Waals surface area (Å²) >= 11 is 0. The Balaban J connectivity index is 1.67. The maximum atomic E-state index is 11.3. The molecule has 0 aromatic carbocycles. The highest BCUT2D eigenvalue weighted by Crippen LogP contribution is 2.35. The number of aromatic nitrogens is 1. The number of rotatable bonds is 1. The van der Waals surface area contributed by atoms with Gasteiger partial charge in [0, 0.05) is 57.2 Å². The molecule has 3 rings (SSSR count). The van der Waals surface area contributed by atoms with E-state index in [2.05, 4.69) is 10.1 Å². The van der Waals surface area contributed by atoms with Gasteiger partial charge in [0.2, 0.25) is 5.91 Å². The molecule has 5 nitrogen and oxygen atoms in total. The number of nitrogens with zero attached hydrogens (tertiary/aromatic N) is 3. The third kappa shape index (κ3) is 2.32. The summed E-state index contributed by atoms with van der Waals surface area (Å²) < 4.78 is 0. The highest BCUT2D eigenvalue weighted by Gasteiger charge is 2.42. The molecule has 0 atom stereocenters. The first-order chi connectivity index (χ1) is 9.19. The van der Waals surface area contributed by atoms with E-state index >= 15 is 0 Å². The number of carbonyl (C=O) groups excluding carboxylic acids is 1. The predicted octanol–water partition coefficient (Wildman–Crippen LogP) is 1.59. The minimum Gasteiger partial charge on any atom is -0.388 e. The van der Waals surface area contributed by atoms with E-state index < -0.39 is 0 Å². The molecule has 1 fully saturated rings. The predicted molar refractivity (Wildman–Crippen MR) is 70.7 cm³/mol. The Morgan fingerprint density at radius 3 is 2.63 bits per heavy atom. The molecule has 2 aliphatic rings. The second kappa shape index (κ2) is 4.64. The molecule has 0 saturated carbocycles. The molecule has 3 heterocycles. The number of likely N-dealkylation sites (tertiary alicyclic amines) is 1. The van der Waals surface area contributed by atoms with Crippen LogP contribution in [0, 0.1) is 0 Å². The van der Waals surface area contributed by atoms with E-state index in [4.69, 9.17) is 4.84 Å². The van der Waals surface area contributed by atoms with E-state index in [1.807, 2.05) is 17.0 Å². The molecule has 0 aliphatic carbocycles. The summed E-state index contributed by atoms with van der Waals surface area (Å²) in [6, 6.07) is 3.90. The van der Waals surface area contributed by atoms with Gasteiger partial charge in [0.15, 0.2) is 0 Å². The van der Waals surface area contributed by atoms with Crippen molar-refractivity contribution in [1.29, 1.82) is 0 Å². The second-order valence-corrected chi connectivity index (χ2v) is 5.23. The van der Waals surface area contributed by atoms with Crippen molar-refractivity contribution < 1.29 is 9.63 Å². The third-order valence-electron chi connectivity index (χ3n) is 3.97. The van der Waals surface area contributed by atoms with Gasteiger partial charge in [-0.1, -0.05) is 5.16 Å². The van der Waals surface area contributed by atoms with Crippen molar-refractivity contribution in [2.45, 2.75) is 31.8 Å². The van der Waals surface area contributed by atoms with E-state index in [0.29, 0.717) is 0 Å². The molecule has 19 heavy (non-hydrogen) atoms.